The zero-order chi connectivity index (χ0) is 19.2. The lowest BCUT2D eigenvalue weighted by Crippen LogP contribution is -2.51. The molecule has 2 aromatic carbocycles. The first-order valence-corrected chi connectivity index (χ1v) is 9.80. The van der Waals surface area contributed by atoms with Gasteiger partial charge in [-0.15, -0.1) is 0 Å². The molecule has 5 heteroatoms. The van der Waals surface area contributed by atoms with Gasteiger partial charge in [0.05, 0.1) is 0 Å². The maximum atomic E-state index is 13.1. The maximum Gasteiger partial charge on any atom is 0.251 e. The van der Waals surface area contributed by atoms with Crippen molar-refractivity contribution in [1.82, 2.24) is 10.2 Å². The van der Waals surface area contributed by atoms with E-state index in [1.54, 1.807) is 24.3 Å². The minimum absolute atomic E-state index is 0.00642. The maximum absolute atomic E-state index is 13.1. The number of nitrogens with zero attached hydrogens (tertiary/aromatic N) is 1. The molecule has 1 atom stereocenters. The second-order valence-electron chi connectivity index (χ2n) is 7.23. The second kappa shape index (κ2) is 9.05. The number of likely N-dealkylation sites (tertiary alicyclic amines) is 1. The molecule has 4 nitrogen and oxygen atoms in total. The van der Waals surface area contributed by atoms with Gasteiger partial charge in [-0.05, 0) is 48.6 Å². The molecule has 2 aromatic rings. The van der Waals surface area contributed by atoms with Crippen LogP contribution >= 0.6 is 11.6 Å². The predicted molar refractivity (Wildman–Crippen MR) is 108 cm³/mol. The summed E-state index contributed by atoms with van der Waals surface area (Å²) in [5.41, 5.74) is 1.52. The number of rotatable bonds is 5. The first-order chi connectivity index (χ1) is 13.0. The van der Waals surface area contributed by atoms with E-state index in [-0.39, 0.29) is 11.8 Å². The average Bonchev–Trinajstić information content (AvgIpc) is 2.69. The van der Waals surface area contributed by atoms with E-state index < -0.39 is 6.04 Å². The summed E-state index contributed by atoms with van der Waals surface area (Å²) >= 11 is 5.90. The number of carbonyl (C=O) groups excluding carboxylic acids is 2. The number of amides is 2. The van der Waals surface area contributed by atoms with Gasteiger partial charge in [-0.25, -0.2) is 0 Å². The molecule has 1 saturated heterocycles. The lowest BCUT2D eigenvalue weighted by atomic mass is 9.97. The van der Waals surface area contributed by atoms with Gasteiger partial charge in [-0.3, -0.25) is 9.59 Å². The van der Waals surface area contributed by atoms with Gasteiger partial charge in [0, 0.05) is 30.1 Å². The van der Waals surface area contributed by atoms with Crippen LogP contribution in [0.4, 0.5) is 0 Å². The summed E-state index contributed by atoms with van der Waals surface area (Å²) in [6.45, 7) is 3.72. The van der Waals surface area contributed by atoms with Crippen LogP contribution in [0.25, 0.3) is 0 Å². The average molecular weight is 385 g/mol. The van der Waals surface area contributed by atoms with E-state index in [4.69, 9.17) is 11.6 Å². The molecular formula is C22H25ClN2O2. The molecule has 1 unspecified atom stereocenters. The van der Waals surface area contributed by atoms with E-state index >= 15 is 0 Å². The molecule has 0 bridgehead atoms. The van der Waals surface area contributed by atoms with Crippen molar-refractivity contribution in [3.63, 3.8) is 0 Å². The van der Waals surface area contributed by atoms with Crippen LogP contribution in [0.15, 0.2) is 54.6 Å². The zero-order valence-electron chi connectivity index (χ0n) is 15.5. The Bertz CT molecular complexity index is 769. The highest BCUT2D eigenvalue weighted by Crippen LogP contribution is 2.18. The quantitative estimate of drug-likeness (QED) is 0.848. The number of piperidine rings is 1. The topological polar surface area (TPSA) is 49.4 Å². The van der Waals surface area contributed by atoms with Gasteiger partial charge in [0.1, 0.15) is 6.04 Å². The Kier molecular flexibility index (Phi) is 6.51. The Morgan fingerprint density at radius 1 is 1.07 bits per heavy atom. The number of benzene rings is 2. The highest BCUT2D eigenvalue weighted by molar-refractivity contribution is 6.30. The van der Waals surface area contributed by atoms with Gasteiger partial charge in [0.25, 0.3) is 5.91 Å². The monoisotopic (exact) mass is 384 g/mol. The van der Waals surface area contributed by atoms with Crippen LogP contribution in [0.3, 0.4) is 0 Å². The number of hydrogen-bond acceptors (Lipinski definition) is 2. The molecule has 0 saturated carbocycles. The molecule has 0 spiro atoms. The van der Waals surface area contributed by atoms with Crippen molar-refractivity contribution < 1.29 is 9.59 Å². The van der Waals surface area contributed by atoms with E-state index in [1.165, 1.54) is 0 Å². The Balaban J connectivity index is 1.75. The third-order valence-electron chi connectivity index (χ3n) is 5.09. The molecule has 142 valence electrons. The minimum atomic E-state index is -0.580. The van der Waals surface area contributed by atoms with Crippen molar-refractivity contribution in [3.8, 4) is 0 Å². The molecular weight excluding hydrogens is 360 g/mol. The van der Waals surface area contributed by atoms with Crippen LogP contribution in [0, 0.1) is 5.92 Å². The third kappa shape index (κ3) is 5.33. The molecule has 2 amide bonds. The van der Waals surface area contributed by atoms with Crippen molar-refractivity contribution in [2.24, 2.45) is 5.92 Å². The highest BCUT2D eigenvalue weighted by Gasteiger charge is 2.28. The van der Waals surface area contributed by atoms with Crippen molar-refractivity contribution in [2.45, 2.75) is 32.2 Å². The van der Waals surface area contributed by atoms with E-state index in [0.29, 0.717) is 22.9 Å². The molecule has 1 heterocycles. The Morgan fingerprint density at radius 2 is 1.70 bits per heavy atom. The largest absolute Gasteiger partial charge is 0.341 e. The smallest absolute Gasteiger partial charge is 0.251 e. The first-order valence-electron chi connectivity index (χ1n) is 9.42. The van der Waals surface area contributed by atoms with Gasteiger partial charge >= 0.3 is 0 Å². The summed E-state index contributed by atoms with van der Waals surface area (Å²) < 4.78 is 0. The van der Waals surface area contributed by atoms with Gasteiger partial charge in [0.2, 0.25) is 5.91 Å². The molecule has 1 aliphatic heterocycles. The van der Waals surface area contributed by atoms with E-state index in [1.807, 2.05) is 35.2 Å². The lowest BCUT2D eigenvalue weighted by Gasteiger charge is -2.33. The molecule has 1 aliphatic rings. The fraction of sp³-hybridized carbons (Fsp3) is 0.364. The van der Waals surface area contributed by atoms with E-state index in [9.17, 15) is 9.59 Å². The summed E-state index contributed by atoms with van der Waals surface area (Å²) in [7, 11) is 0. The molecule has 0 aliphatic carbocycles. The normalized spacial score (nSPS) is 16.0. The standard InChI is InChI=1S/C22H25ClN2O2/c1-16-11-13-25(14-12-16)22(27)20(15-17-5-3-2-4-6-17)24-21(26)18-7-9-19(23)10-8-18/h2-10,16,20H,11-15H2,1H3,(H,24,26). The fourth-order valence-corrected chi connectivity index (χ4v) is 3.47. The molecule has 27 heavy (non-hydrogen) atoms. The van der Waals surface area contributed by atoms with Gasteiger partial charge in [0.15, 0.2) is 0 Å². The van der Waals surface area contributed by atoms with Crippen molar-refractivity contribution in [2.75, 3.05) is 13.1 Å². The Labute approximate surface area is 165 Å². The van der Waals surface area contributed by atoms with E-state index in [0.717, 1.165) is 31.5 Å². The minimum Gasteiger partial charge on any atom is -0.341 e. The fourth-order valence-electron chi connectivity index (χ4n) is 3.34. The summed E-state index contributed by atoms with van der Waals surface area (Å²) in [6.07, 6.45) is 2.49. The molecule has 1 fully saturated rings. The van der Waals surface area contributed by atoms with Gasteiger partial charge < -0.3 is 10.2 Å². The second-order valence-corrected chi connectivity index (χ2v) is 7.67. The molecule has 0 radical (unpaired) electrons. The van der Waals surface area contributed by atoms with Crippen LogP contribution < -0.4 is 5.32 Å². The summed E-state index contributed by atoms with van der Waals surface area (Å²) in [5.74, 6) is 0.379. The van der Waals surface area contributed by atoms with Crippen LogP contribution in [-0.4, -0.2) is 35.8 Å². The number of nitrogens with one attached hydrogen (secondary N) is 1. The summed E-state index contributed by atoms with van der Waals surface area (Å²) in [4.78, 5) is 27.7. The lowest BCUT2D eigenvalue weighted by molar-refractivity contribution is -0.134. The van der Waals surface area contributed by atoms with Crippen LogP contribution in [0.5, 0.6) is 0 Å². The van der Waals surface area contributed by atoms with E-state index in [2.05, 4.69) is 12.2 Å². The predicted octanol–water partition coefficient (Wildman–Crippen LogP) is 3.94. The molecule has 3 rings (SSSR count). The van der Waals surface area contributed by atoms with Crippen LogP contribution in [0.1, 0.15) is 35.7 Å². The Hall–Kier alpha value is -2.33. The summed E-state index contributed by atoms with van der Waals surface area (Å²) in [6, 6.07) is 15.9. The van der Waals surface area contributed by atoms with Gasteiger partial charge in [-0.1, -0.05) is 48.9 Å². The summed E-state index contributed by atoms with van der Waals surface area (Å²) in [5, 5.41) is 3.51. The first kappa shape index (κ1) is 19.4. The number of halogens is 1. The van der Waals surface area contributed by atoms with Crippen molar-refractivity contribution >= 4 is 23.4 Å². The van der Waals surface area contributed by atoms with Gasteiger partial charge in [-0.2, -0.15) is 0 Å². The zero-order valence-corrected chi connectivity index (χ0v) is 16.3. The molecule has 0 aromatic heterocycles. The van der Waals surface area contributed by atoms with Crippen LogP contribution in [-0.2, 0) is 11.2 Å². The molecule has 1 N–H and O–H groups in total. The highest BCUT2D eigenvalue weighted by atomic mass is 35.5. The van der Waals surface area contributed by atoms with Crippen molar-refractivity contribution in [3.05, 3.63) is 70.7 Å². The van der Waals surface area contributed by atoms with Crippen LogP contribution in [0.2, 0.25) is 5.02 Å². The SMILES string of the molecule is CC1CCN(C(=O)C(Cc2ccccc2)NC(=O)c2ccc(Cl)cc2)CC1. The number of carbonyl (C=O) groups is 2. The number of hydrogen-bond donors (Lipinski definition) is 1. The third-order valence-corrected chi connectivity index (χ3v) is 5.34. The Morgan fingerprint density at radius 3 is 2.33 bits per heavy atom. The van der Waals surface area contributed by atoms with Crippen molar-refractivity contribution in [1.29, 1.82) is 0 Å².